The van der Waals surface area contributed by atoms with Crippen LogP contribution in [-0.4, -0.2) is 5.16 Å². The fourth-order valence-corrected chi connectivity index (χ4v) is 0.902. The van der Waals surface area contributed by atoms with Crippen molar-refractivity contribution in [2.75, 3.05) is 0 Å². The van der Waals surface area contributed by atoms with Crippen molar-refractivity contribution in [3.63, 3.8) is 0 Å². The van der Waals surface area contributed by atoms with E-state index in [1.165, 1.54) is 6.07 Å². The van der Waals surface area contributed by atoms with Crippen LogP contribution in [0.3, 0.4) is 0 Å². The summed E-state index contributed by atoms with van der Waals surface area (Å²) in [6, 6.07) is 4.75. The molecule has 1 nitrogen and oxygen atoms in total. The lowest BCUT2D eigenvalue weighted by Gasteiger charge is -1.97. The van der Waals surface area contributed by atoms with Gasteiger partial charge >= 0.3 is 0 Å². The summed E-state index contributed by atoms with van der Waals surface area (Å²) in [5, 5.41) is 2.13. The van der Waals surface area contributed by atoms with E-state index in [9.17, 15) is 4.39 Å². The lowest BCUT2D eigenvalue weighted by molar-refractivity contribution is 0.629. The molecule has 0 N–H and O–H groups in total. The Bertz CT molecular complexity index is 296. The van der Waals surface area contributed by atoms with Crippen LogP contribution in [0.1, 0.15) is 5.56 Å². The normalized spacial score (nSPS) is 8.91. The van der Waals surface area contributed by atoms with Gasteiger partial charge in [-0.3, -0.25) is 0 Å². The van der Waals surface area contributed by atoms with Crippen LogP contribution in [-0.2, 0) is 0 Å². The molecule has 1 rings (SSSR count). The summed E-state index contributed by atoms with van der Waals surface area (Å²) < 4.78 is 12.9. The average Bonchev–Trinajstić information content (AvgIpc) is 1.97. The fraction of sp³-hybridized carbons (Fsp3) is 0.125. The van der Waals surface area contributed by atoms with Gasteiger partial charge in [0.15, 0.2) is 0 Å². The molecule has 1 aromatic carbocycles. The van der Waals surface area contributed by atoms with Crippen LogP contribution in [0.2, 0.25) is 0 Å². The molecule has 0 amide bonds. The van der Waals surface area contributed by atoms with E-state index in [4.69, 9.17) is 0 Å². The van der Waals surface area contributed by atoms with Crippen molar-refractivity contribution in [1.29, 1.82) is 0 Å². The predicted molar refractivity (Wildman–Crippen MR) is 45.8 cm³/mol. The van der Waals surface area contributed by atoms with Crippen molar-refractivity contribution in [1.82, 2.24) is 0 Å². The molecule has 0 radical (unpaired) electrons. The van der Waals surface area contributed by atoms with Crippen molar-refractivity contribution in [2.45, 2.75) is 6.92 Å². The molecule has 11 heavy (non-hydrogen) atoms. The van der Waals surface area contributed by atoms with Crippen molar-refractivity contribution in [3.05, 3.63) is 29.6 Å². The highest BCUT2D eigenvalue weighted by Crippen LogP contribution is 2.20. The molecule has 0 unspecified atom stereocenters. The third-order valence-electron chi connectivity index (χ3n) is 1.35. The molecule has 0 heterocycles. The first-order valence-corrected chi connectivity index (χ1v) is 3.49. The molecule has 0 aliphatic heterocycles. The van der Waals surface area contributed by atoms with Crippen molar-refractivity contribution < 1.29 is 4.39 Å². The minimum absolute atomic E-state index is 0.280. The highest BCUT2D eigenvalue weighted by Gasteiger charge is 2.01. The number of hydrogen-bond donors (Lipinski definition) is 0. The zero-order valence-electron chi connectivity index (χ0n) is 5.97. The van der Waals surface area contributed by atoms with Gasteiger partial charge in [0.2, 0.25) is 0 Å². The van der Waals surface area contributed by atoms with Crippen LogP contribution in [0.25, 0.3) is 0 Å². The number of aliphatic imine (C=N–C) groups is 1. The monoisotopic (exact) mass is 167 g/mol. The number of halogens is 1. The first kappa shape index (κ1) is 8.05. The lowest BCUT2D eigenvalue weighted by atomic mass is 10.2. The number of thiocarbonyl (C=S) groups is 1. The Kier molecular flexibility index (Phi) is 2.47. The van der Waals surface area contributed by atoms with E-state index in [-0.39, 0.29) is 11.5 Å². The number of aryl methyl sites for hydroxylation is 1. The molecule has 0 aliphatic rings. The van der Waals surface area contributed by atoms with Gasteiger partial charge in [-0.2, -0.15) is 4.99 Å². The molecule has 0 spiro atoms. The van der Waals surface area contributed by atoms with Crippen molar-refractivity contribution in [2.24, 2.45) is 4.99 Å². The van der Waals surface area contributed by atoms with Crippen LogP contribution in [0.15, 0.2) is 23.2 Å². The number of rotatable bonds is 1. The first-order chi connectivity index (χ1) is 5.25. The summed E-state index contributed by atoms with van der Waals surface area (Å²) in [4.78, 5) is 3.60. The summed E-state index contributed by atoms with van der Waals surface area (Å²) in [6.07, 6.45) is 0. The highest BCUT2D eigenvalue weighted by atomic mass is 32.1. The second-order valence-electron chi connectivity index (χ2n) is 2.11. The fourth-order valence-electron chi connectivity index (χ4n) is 0.810. The van der Waals surface area contributed by atoms with E-state index >= 15 is 0 Å². The maximum absolute atomic E-state index is 12.9. The van der Waals surface area contributed by atoms with E-state index in [0.29, 0.717) is 0 Å². The van der Waals surface area contributed by atoms with Gasteiger partial charge in [-0.15, -0.1) is 0 Å². The Labute approximate surface area is 69.6 Å². The van der Waals surface area contributed by atoms with Gasteiger partial charge in [0.25, 0.3) is 0 Å². The summed E-state index contributed by atoms with van der Waals surface area (Å²) in [7, 11) is 0. The molecule has 0 saturated heterocycles. The van der Waals surface area contributed by atoms with E-state index in [2.05, 4.69) is 22.4 Å². The zero-order chi connectivity index (χ0) is 8.27. The van der Waals surface area contributed by atoms with E-state index in [1.807, 2.05) is 0 Å². The Morgan fingerprint density at radius 1 is 1.55 bits per heavy atom. The molecule has 0 aliphatic carbocycles. The first-order valence-electron chi connectivity index (χ1n) is 3.08. The topological polar surface area (TPSA) is 12.4 Å². The van der Waals surface area contributed by atoms with Gasteiger partial charge in [-0.05, 0) is 30.8 Å². The summed E-state index contributed by atoms with van der Waals surface area (Å²) >= 11 is 4.37. The van der Waals surface area contributed by atoms with E-state index in [1.54, 1.807) is 19.1 Å². The van der Waals surface area contributed by atoms with Crippen LogP contribution in [0, 0.1) is 12.7 Å². The number of hydrogen-bond acceptors (Lipinski definition) is 2. The lowest BCUT2D eigenvalue weighted by Crippen LogP contribution is -1.78. The predicted octanol–water partition coefficient (Wildman–Crippen LogP) is 2.87. The molecular weight excluding hydrogens is 161 g/mol. The average molecular weight is 167 g/mol. The SMILES string of the molecule is Cc1cccc(F)c1N=C=S. The Hall–Kier alpha value is -1.05. The van der Waals surface area contributed by atoms with Gasteiger partial charge in [0.05, 0.1) is 5.16 Å². The Morgan fingerprint density at radius 3 is 2.82 bits per heavy atom. The number of isothiocyanates is 1. The van der Waals surface area contributed by atoms with Gasteiger partial charge in [-0.25, -0.2) is 4.39 Å². The van der Waals surface area contributed by atoms with Crippen LogP contribution in [0.5, 0.6) is 0 Å². The summed E-state index contributed by atoms with van der Waals surface area (Å²) in [5.41, 5.74) is 1.05. The van der Waals surface area contributed by atoms with Crippen molar-refractivity contribution in [3.8, 4) is 0 Å². The third kappa shape index (κ3) is 1.70. The molecule has 0 atom stereocenters. The third-order valence-corrected chi connectivity index (χ3v) is 1.44. The van der Waals surface area contributed by atoms with Gasteiger partial charge < -0.3 is 0 Å². The summed E-state index contributed by atoms with van der Waals surface area (Å²) in [5.74, 6) is -0.359. The van der Waals surface area contributed by atoms with Crippen molar-refractivity contribution >= 4 is 23.1 Å². The molecule has 0 fully saturated rings. The highest BCUT2D eigenvalue weighted by molar-refractivity contribution is 7.78. The Morgan fingerprint density at radius 2 is 2.27 bits per heavy atom. The van der Waals surface area contributed by atoms with E-state index < -0.39 is 0 Å². The summed E-state index contributed by atoms with van der Waals surface area (Å²) in [6.45, 7) is 1.77. The molecule has 0 aromatic heterocycles. The van der Waals surface area contributed by atoms with Crippen LogP contribution in [0.4, 0.5) is 10.1 Å². The second-order valence-corrected chi connectivity index (χ2v) is 2.29. The number of benzene rings is 1. The van der Waals surface area contributed by atoms with E-state index in [0.717, 1.165) is 5.56 Å². The number of nitrogens with zero attached hydrogens (tertiary/aromatic N) is 1. The molecule has 56 valence electrons. The smallest absolute Gasteiger partial charge is 0.149 e. The minimum atomic E-state index is -0.359. The van der Waals surface area contributed by atoms with Crippen LogP contribution >= 0.6 is 12.2 Å². The zero-order valence-corrected chi connectivity index (χ0v) is 6.78. The molecule has 0 bridgehead atoms. The minimum Gasteiger partial charge on any atom is -0.205 e. The molecule has 0 saturated carbocycles. The standard InChI is InChI=1S/C8H6FNS/c1-6-3-2-4-7(9)8(6)10-5-11/h2-4H,1H3. The van der Waals surface area contributed by atoms with Gasteiger partial charge in [0, 0.05) is 0 Å². The number of para-hydroxylation sites is 1. The quantitative estimate of drug-likeness (QED) is 0.462. The Balaban J connectivity index is 3.31. The second kappa shape index (κ2) is 3.37. The van der Waals surface area contributed by atoms with Crippen LogP contribution < -0.4 is 0 Å². The largest absolute Gasteiger partial charge is 0.205 e. The maximum Gasteiger partial charge on any atom is 0.149 e. The molecular formula is C8H6FNS. The van der Waals surface area contributed by atoms with Gasteiger partial charge in [0.1, 0.15) is 11.5 Å². The molecule has 1 aromatic rings. The van der Waals surface area contributed by atoms with Gasteiger partial charge in [-0.1, -0.05) is 12.1 Å². The maximum atomic E-state index is 12.9. The molecule has 3 heteroatoms.